The van der Waals surface area contributed by atoms with E-state index in [-0.39, 0.29) is 18.1 Å². The Bertz CT molecular complexity index is 1320. The van der Waals surface area contributed by atoms with Crippen molar-refractivity contribution >= 4 is 23.0 Å². The normalized spacial score (nSPS) is 12.4. The summed E-state index contributed by atoms with van der Waals surface area (Å²) in [6.07, 6.45) is 1.91. The molecule has 0 saturated heterocycles. The van der Waals surface area contributed by atoms with E-state index in [4.69, 9.17) is 4.74 Å². The second-order valence-corrected chi connectivity index (χ2v) is 8.20. The second kappa shape index (κ2) is 6.97. The summed E-state index contributed by atoms with van der Waals surface area (Å²) < 4.78 is 7.01. The quantitative estimate of drug-likeness (QED) is 0.482. The van der Waals surface area contributed by atoms with Gasteiger partial charge in [0.1, 0.15) is 17.1 Å². The number of pyridine rings is 1. The van der Waals surface area contributed by atoms with E-state index in [0.29, 0.717) is 16.2 Å². The zero-order valence-corrected chi connectivity index (χ0v) is 16.7. The maximum Gasteiger partial charge on any atom is 0.348 e. The van der Waals surface area contributed by atoms with Gasteiger partial charge >= 0.3 is 5.97 Å². The van der Waals surface area contributed by atoms with Crippen LogP contribution in [0.25, 0.3) is 16.1 Å². The highest BCUT2D eigenvalue weighted by Crippen LogP contribution is 2.39. The van der Waals surface area contributed by atoms with Crippen molar-refractivity contribution in [2.75, 3.05) is 0 Å². The van der Waals surface area contributed by atoms with Crippen molar-refractivity contribution in [2.24, 2.45) is 0 Å². The summed E-state index contributed by atoms with van der Waals surface area (Å²) in [5, 5.41) is 0. The summed E-state index contributed by atoms with van der Waals surface area (Å²) >= 11 is 1.47. The molecule has 0 N–H and O–H groups in total. The molecule has 0 atom stereocenters. The van der Waals surface area contributed by atoms with Crippen LogP contribution in [-0.2, 0) is 24.2 Å². The van der Waals surface area contributed by atoms with Gasteiger partial charge in [0.2, 0.25) is 0 Å². The van der Waals surface area contributed by atoms with Crippen LogP contribution in [0.1, 0.15) is 32.2 Å². The molecule has 0 radical (unpaired) electrons. The van der Waals surface area contributed by atoms with Crippen LogP contribution >= 0.6 is 11.3 Å². The van der Waals surface area contributed by atoms with Crippen LogP contribution in [0.3, 0.4) is 0 Å². The number of hydrogen-bond acceptors (Lipinski definition) is 5. The summed E-state index contributed by atoms with van der Waals surface area (Å²) in [5.74, 6) is -0.381. The van der Waals surface area contributed by atoms with E-state index in [0.717, 1.165) is 23.4 Å². The number of aromatic nitrogens is 2. The van der Waals surface area contributed by atoms with Crippen molar-refractivity contribution in [3.8, 4) is 10.4 Å². The zero-order valence-electron chi connectivity index (χ0n) is 15.8. The van der Waals surface area contributed by atoms with E-state index >= 15 is 0 Å². The molecule has 0 amide bonds. The molecule has 5 nitrogen and oxygen atoms in total. The molecule has 0 spiro atoms. The molecule has 0 saturated carbocycles. The van der Waals surface area contributed by atoms with Crippen LogP contribution in [0, 0.1) is 6.92 Å². The molecular formula is C23H18N2O3S. The Labute approximate surface area is 171 Å². The molecule has 6 heteroatoms. The van der Waals surface area contributed by atoms with E-state index in [1.54, 1.807) is 6.07 Å². The maximum atomic E-state index is 12.6. The third-order valence-electron chi connectivity index (χ3n) is 5.22. The Kier molecular flexibility index (Phi) is 4.28. The van der Waals surface area contributed by atoms with Gasteiger partial charge in [0.15, 0.2) is 0 Å². The Hall–Kier alpha value is -3.25. The molecule has 1 aromatic carbocycles. The van der Waals surface area contributed by atoms with Crippen molar-refractivity contribution < 1.29 is 9.53 Å². The summed E-state index contributed by atoms with van der Waals surface area (Å²) in [4.78, 5) is 31.2. The third kappa shape index (κ3) is 3.15. The van der Waals surface area contributed by atoms with Crippen LogP contribution < -0.4 is 5.56 Å². The first-order valence-electron chi connectivity index (χ1n) is 9.46. The van der Waals surface area contributed by atoms with Crippen molar-refractivity contribution in [3.63, 3.8) is 0 Å². The van der Waals surface area contributed by atoms with Crippen LogP contribution in [0.5, 0.6) is 0 Å². The number of carbonyl (C=O) groups is 1. The fraction of sp³-hybridized carbons (Fsp3) is 0.174. The van der Waals surface area contributed by atoms with Crippen molar-refractivity contribution in [1.82, 2.24) is 9.38 Å². The largest absolute Gasteiger partial charge is 0.455 e. The van der Waals surface area contributed by atoms with Gasteiger partial charge in [-0.15, -0.1) is 11.3 Å². The molecular weight excluding hydrogens is 384 g/mol. The average Bonchev–Trinajstić information content (AvgIpc) is 3.17. The van der Waals surface area contributed by atoms with Gasteiger partial charge in [-0.05, 0) is 54.7 Å². The molecule has 1 aliphatic rings. The molecule has 29 heavy (non-hydrogen) atoms. The van der Waals surface area contributed by atoms with E-state index in [1.807, 2.05) is 37.3 Å². The Morgan fingerprint density at radius 2 is 1.93 bits per heavy atom. The first-order chi connectivity index (χ1) is 14.1. The summed E-state index contributed by atoms with van der Waals surface area (Å²) in [6.45, 7) is 1.82. The standard InChI is InChI=1S/C23H18N2O3S/c1-14-5-4-8-20-24-17(12-21(26)25(14)20)13-28-23(27)19-11-16-10-9-15-6-2-3-7-18(15)22(16)29-19/h2-8,11-12H,9-10,13H2,1H3. The first-order valence-corrected chi connectivity index (χ1v) is 10.3. The van der Waals surface area contributed by atoms with Crippen molar-refractivity contribution in [2.45, 2.75) is 26.4 Å². The number of rotatable bonds is 3. The number of esters is 1. The topological polar surface area (TPSA) is 60.7 Å². The minimum Gasteiger partial charge on any atom is -0.455 e. The van der Waals surface area contributed by atoms with E-state index in [1.165, 1.54) is 38.5 Å². The predicted molar refractivity (Wildman–Crippen MR) is 112 cm³/mol. The van der Waals surface area contributed by atoms with Gasteiger partial charge in [-0.3, -0.25) is 9.20 Å². The van der Waals surface area contributed by atoms with Crippen LogP contribution in [0.15, 0.2) is 59.4 Å². The molecule has 0 aliphatic heterocycles. The molecule has 3 aromatic heterocycles. The minimum atomic E-state index is -0.381. The molecule has 0 bridgehead atoms. The van der Waals surface area contributed by atoms with Gasteiger partial charge < -0.3 is 4.74 Å². The summed E-state index contributed by atoms with van der Waals surface area (Å²) in [6, 6.07) is 17.1. The lowest BCUT2D eigenvalue weighted by molar-refractivity contribution is 0.0473. The van der Waals surface area contributed by atoms with Gasteiger partial charge in [0.25, 0.3) is 5.56 Å². The van der Waals surface area contributed by atoms with Crippen molar-refractivity contribution in [1.29, 1.82) is 0 Å². The number of benzene rings is 1. The number of fused-ring (bicyclic) bond motifs is 4. The highest BCUT2D eigenvalue weighted by Gasteiger charge is 2.22. The SMILES string of the molecule is Cc1cccc2nc(COC(=O)c3cc4c(s3)-c3ccccc3CC4)cc(=O)n12. The lowest BCUT2D eigenvalue weighted by Gasteiger charge is -2.15. The number of nitrogens with zero attached hydrogens (tertiary/aromatic N) is 2. The highest BCUT2D eigenvalue weighted by molar-refractivity contribution is 7.17. The van der Waals surface area contributed by atoms with E-state index in [9.17, 15) is 9.59 Å². The predicted octanol–water partition coefficient (Wildman–Crippen LogP) is 4.19. The summed E-state index contributed by atoms with van der Waals surface area (Å²) in [7, 11) is 0. The molecule has 4 aromatic rings. The zero-order chi connectivity index (χ0) is 20.0. The number of thiophene rings is 1. The van der Waals surface area contributed by atoms with Gasteiger partial charge in [-0.1, -0.05) is 30.3 Å². The Morgan fingerprint density at radius 1 is 1.10 bits per heavy atom. The fourth-order valence-corrected chi connectivity index (χ4v) is 4.98. The fourth-order valence-electron chi connectivity index (χ4n) is 3.82. The number of hydrogen-bond donors (Lipinski definition) is 0. The summed E-state index contributed by atoms with van der Waals surface area (Å²) in [5.41, 5.74) is 5.34. The highest BCUT2D eigenvalue weighted by atomic mass is 32.1. The second-order valence-electron chi connectivity index (χ2n) is 7.14. The monoisotopic (exact) mass is 402 g/mol. The minimum absolute atomic E-state index is 0.0301. The Balaban J connectivity index is 1.38. The molecule has 0 fully saturated rings. The van der Waals surface area contributed by atoms with E-state index in [2.05, 4.69) is 17.1 Å². The van der Waals surface area contributed by atoms with Crippen LogP contribution in [0.2, 0.25) is 0 Å². The maximum absolute atomic E-state index is 12.6. The van der Waals surface area contributed by atoms with Crippen LogP contribution in [-0.4, -0.2) is 15.4 Å². The molecule has 0 unspecified atom stereocenters. The number of carbonyl (C=O) groups excluding carboxylic acids is 1. The number of aryl methyl sites for hydroxylation is 3. The Morgan fingerprint density at radius 3 is 2.83 bits per heavy atom. The lowest BCUT2D eigenvalue weighted by Crippen LogP contribution is -2.18. The smallest absolute Gasteiger partial charge is 0.348 e. The third-order valence-corrected chi connectivity index (χ3v) is 6.41. The van der Waals surface area contributed by atoms with Crippen LogP contribution in [0.4, 0.5) is 0 Å². The van der Waals surface area contributed by atoms with Gasteiger partial charge in [-0.25, -0.2) is 9.78 Å². The van der Waals surface area contributed by atoms with Gasteiger partial charge in [0.05, 0.1) is 5.69 Å². The molecule has 1 aliphatic carbocycles. The average molecular weight is 402 g/mol. The molecule has 144 valence electrons. The van der Waals surface area contributed by atoms with Gasteiger partial charge in [0, 0.05) is 16.6 Å². The molecule has 5 rings (SSSR count). The lowest BCUT2D eigenvalue weighted by atomic mass is 9.91. The van der Waals surface area contributed by atoms with Gasteiger partial charge in [-0.2, -0.15) is 0 Å². The molecule has 3 heterocycles. The van der Waals surface area contributed by atoms with E-state index < -0.39 is 0 Å². The first kappa shape index (κ1) is 17.8. The number of ether oxygens (including phenoxy) is 1. The van der Waals surface area contributed by atoms with Crippen molar-refractivity contribution in [3.05, 3.63) is 92.3 Å².